The molecule has 5 atom stereocenters. The van der Waals surface area contributed by atoms with Crippen molar-refractivity contribution in [3.8, 4) is 0 Å². The maximum atomic E-state index is 6.88. The smallest absolute Gasteiger partial charge is 0.173 e. The number of hydrogen-bond acceptors (Lipinski definition) is 3. The fourth-order valence-corrected chi connectivity index (χ4v) is 13.8. The Morgan fingerprint density at radius 3 is 2.43 bits per heavy atom. The summed E-state index contributed by atoms with van der Waals surface area (Å²) >= 11 is 0. The Bertz CT molecular complexity index is 623. The lowest BCUT2D eigenvalue weighted by atomic mass is 9.94. The molecule has 0 amide bonds. The molecule has 5 N–H and O–H groups in total. The van der Waals surface area contributed by atoms with Crippen LogP contribution >= 0.6 is 41.5 Å². The van der Waals surface area contributed by atoms with Gasteiger partial charge in [0.1, 0.15) is 19.7 Å². The van der Waals surface area contributed by atoms with Crippen LogP contribution in [0.4, 0.5) is 0 Å². The predicted molar refractivity (Wildman–Crippen MR) is 117 cm³/mol. The summed E-state index contributed by atoms with van der Waals surface area (Å²) in [5, 5.41) is 9.59. The maximum Gasteiger partial charge on any atom is 0.173 e. The fourth-order valence-electron chi connectivity index (χ4n) is 3.09. The van der Waals surface area contributed by atoms with Gasteiger partial charge in [-0.2, -0.15) is 0 Å². The standard InChI is InChI=1S/C15H27N3P5/c1-3-20-12-13(11-7-8-18-11)22(16)14(10-5-4-6-10)23(17)15(12)21(2)9-19/h9,18,20H,3-8,16-17,19H2,1-2H3/q+1. The second-order valence-electron chi connectivity index (χ2n) is 6.01. The lowest BCUT2D eigenvalue weighted by Crippen LogP contribution is -2.30. The molecule has 0 bridgehead atoms. The highest BCUT2D eigenvalue weighted by Gasteiger charge is 2.42. The average molecular weight is 404 g/mol. The van der Waals surface area contributed by atoms with Gasteiger partial charge in [0.25, 0.3) is 0 Å². The summed E-state index contributed by atoms with van der Waals surface area (Å²) < 4.78 is 0. The molecule has 3 aliphatic rings. The van der Waals surface area contributed by atoms with Gasteiger partial charge in [0.05, 0.1) is 8.07 Å². The van der Waals surface area contributed by atoms with Gasteiger partial charge >= 0.3 is 0 Å². The van der Waals surface area contributed by atoms with Crippen LogP contribution in [-0.2, 0) is 0 Å². The van der Waals surface area contributed by atoms with E-state index in [2.05, 4.69) is 33.7 Å². The van der Waals surface area contributed by atoms with Crippen molar-refractivity contribution in [1.29, 1.82) is 0 Å². The predicted octanol–water partition coefficient (Wildman–Crippen LogP) is 4.93. The van der Waals surface area contributed by atoms with Gasteiger partial charge in [0, 0.05) is 42.4 Å². The van der Waals surface area contributed by atoms with Crippen LogP contribution in [0, 0.1) is 0 Å². The van der Waals surface area contributed by atoms with Crippen molar-refractivity contribution in [2.45, 2.75) is 32.6 Å². The van der Waals surface area contributed by atoms with Gasteiger partial charge in [-0.05, 0) is 25.4 Å². The van der Waals surface area contributed by atoms with Crippen LogP contribution in [0.25, 0.3) is 0 Å². The first-order valence-corrected chi connectivity index (χ1v) is 14.7. The Hall–Kier alpha value is 0.830. The minimum absolute atomic E-state index is 0.283. The lowest BCUT2D eigenvalue weighted by molar-refractivity contribution is 0.631. The Balaban J connectivity index is 2.22. The molecule has 126 valence electrons. The van der Waals surface area contributed by atoms with Gasteiger partial charge in [-0.25, -0.2) is 0 Å². The van der Waals surface area contributed by atoms with E-state index in [-0.39, 0.29) is 7.55 Å². The van der Waals surface area contributed by atoms with Crippen LogP contribution in [0.1, 0.15) is 32.6 Å². The second-order valence-corrected chi connectivity index (χ2v) is 14.4. The van der Waals surface area contributed by atoms with Crippen LogP contribution < -0.4 is 16.3 Å². The lowest BCUT2D eigenvalue weighted by Gasteiger charge is -2.38. The summed E-state index contributed by atoms with van der Waals surface area (Å²) in [4.78, 5) is 0. The quantitative estimate of drug-likeness (QED) is 0.585. The summed E-state index contributed by atoms with van der Waals surface area (Å²) in [5.74, 6) is 0. The van der Waals surface area contributed by atoms with Crippen molar-refractivity contribution in [1.82, 2.24) is 5.32 Å². The molecule has 2 fully saturated rings. The van der Waals surface area contributed by atoms with Crippen molar-refractivity contribution in [3.05, 3.63) is 32.0 Å². The molecule has 3 nitrogen and oxygen atoms in total. The molecule has 3 rings (SSSR count). The van der Waals surface area contributed by atoms with Crippen LogP contribution in [0.5, 0.6) is 0 Å². The summed E-state index contributed by atoms with van der Waals surface area (Å²) in [7, 11) is 1.98. The van der Waals surface area contributed by atoms with E-state index >= 15 is 0 Å². The highest BCUT2D eigenvalue weighted by atomic mass is 31.2. The molecule has 2 aliphatic heterocycles. The van der Waals surface area contributed by atoms with Crippen LogP contribution in [-0.4, -0.2) is 24.9 Å². The van der Waals surface area contributed by atoms with Crippen molar-refractivity contribution in [3.63, 3.8) is 0 Å². The zero-order chi connectivity index (χ0) is 16.6. The minimum atomic E-state index is -0.714. The Morgan fingerprint density at radius 2 is 2.00 bits per heavy atom. The molecule has 1 saturated heterocycles. The molecule has 0 radical (unpaired) electrons. The van der Waals surface area contributed by atoms with E-state index in [0.29, 0.717) is 0 Å². The number of allylic oxidation sites excluding steroid dienone is 3. The second kappa shape index (κ2) is 8.02. The molecule has 0 spiro atoms. The highest BCUT2D eigenvalue weighted by Crippen LogP contribution is 2.77. The zero-order valence-electron chi connectivity index (χ0n) is 13.9. The van der Waals surface area contributed by atoms with Crippen LogP contribution in [0.2, 0.25) is 0 Å². The zero-order valence-corrected chi connectivity index (χ0v) is 18.7. The first-order chi connectivity index (χ1) is 11.1. The largest absolute Gasteiger partial charge is 0.387 e. The third kappa shape index (κ3) is 3.42. The normalized spacial score (nSPS) is 32.3. The number of nitrogens with two attached hydrogens (primary N) is 2. The van der Waals surface area contributed by atoms with Crippen LogP contribution in [0.3, 0.4) is 0 Å². The fraction of sp³-hybridized carbons (Fsp3) is 0.533. The third-order valence-electron chi connectivity index (χ3n) is 4.57. The van der Waals surface area contributed by atoms with E-state index in [1.54, 1.807) is 15.9 Å². The number of rotatable bonds is 3. The van der Waals surface area contributed by atoms with E-state index in [1.807, 2.05) is 0 Å². The van der Waals surface area contributed by atoms with E-state index in [1.165, 1.54) is 41.5 Å². The monoisotopic (exact) mass is 404 g/mol. The molecule has 1 saturated carbocycles. The first kappa shape index (κ1) is 18.6. The minimum Gasteiger partial charge on any atom is -0.387 e. The van der Waals surface area contributed by atoms with Crippen molar-refractivity contribution < 1.29 is 0 Å². The van der Waals surface area contributed by atoms with Crippen LogP contribution in [0.15, 0.2) is 32.0 Å². The molecular formula is C15H27N3P5+. The van der Waals surface area contributed by atoms with Gasteiger partial charge in [0.2, 0.25) is 0 Å². The third-order valence-corrected chi connectivity index (χ3v) is 15.2. The van der Waals surface area contributed by atoms with Gasteiger partial charge in [0.15, 0.2) is 5.06 Å². The maximum absolute atomic E-state index is 6.88. The topological polar surface area (TPSA) is 64.1 Å². The number of hydrogen-bond donors (Lipinski definition) is 3. The molecule has 0 aromatic rings. The SMILES string of the molecule is CCPC1=C([P+](C)=CP)P(N)C(=C2CCC2)P(N)C1=C1CCN1. The molecule has 23 heavy (non-hydrogen) atoms. The summed E-state index contributed by atoms with van der Waals surface area (Å²) in [6.07, 6.45) is 6.11. The first-order valence-electron chi connectivity index (χ1n) is 8.15. The van der Waals surface area contributed by atoms with E-state index in [4.69, 9.17) is 11.0 Å². The van der Waals surface area contributed by atoms with Gasteiger partial charge < -0.3 is 10.8 Å². The number of nitrogens with one attached hydrogen (secondary N) is 1. The van der Waals surface area contributed by atoms with Gasteiger partial charge in [-0.1, -0.05) is 30.3 Å². The molecule has 2 heterocycles. The van der Waals surface area contributed by atoms with E-state index in [0.717, 1.165) is 21.5 Å². The Morgan fingerprint density at radius 1 is 1.30 bits per heavy atom. The Kier molecular flexibility index (Phi) is 6.49. The van der Waals surface area contributed by atoms with Crippen molar-refractivity contribution in [2.24, 2.45) is 11.0 Å². The van der Waals surface area contributed by atoms with E-state index in [9.17, 15) is 0 Å². The van der Waals surface area contributed by atoms with Crippen molar-refractivity contribution >= 4 is 47.0 Å². The molecule has 5 unspecified atom stereocenters. The van der Waals surface area contributed by atoms with Gasteiger partial charge in [-0.15, -0.1) is 0 Å². The summed E-state index contributed by atoms with van der Waals surface area (Å²) in [6, 6.07) is 0. The summed E-state index contributed by atoms with van der Waals surface area (Å²) in [6.45, 7) is 5.73. The Labute approximate surface area is 147 Å². The molecule has 1 aliphatic carbocycles. The molecule has 0 aromatic carbocycles. The van der Waals surface area contributed by atoms with Crippen molar-refractivity contribution in [2.75, 3.05) is 19.4 Å². The van der Waals surface area contributed by atoms with Gasteiger partial charge in [-0.3, -0.25) is 5.50 Å². The summed E-state index contributed by atoms with van der Waals surface area (Å²) in [5.41, 5.74) is 19.0. The van der Waals surface area contributed by atoms with E-state index < -0.39 is 16.1 Å². The molecular weight excluding hydrogens is 377 g/mol. The average Bonchev–Trinajstić information content (AvgIpc) is 2.43. The molecule has 8 heteroatoms. The molecule has 0 aromatic heterocycles. The highest BCUT2D eigenvalue weighted by molar-refractivity contribution is 7.93.